The number of para-hydroxylation sites is 1. The highest BCUT2D eigenvalue weighted by molar-refractivity contribution is 9.10. The van der Waals surface area contributed by atoms with Gasteiger partial charge >= 0.3 is 0 Å². The van der Waals surface area contributed by atoms with E-state index in [4.69, 9.17) is 4.74 Å². The molecule has 1 N–H and O–H groups in total. The standard InChI is InChI=1S/C21H16BrFN2O2/c22-18-6-3-4-15(12-18)14-27-20-7-2-1-5-17(20)13-24-25-21(26)16-8-10-19(23)11-9-16/h1-13H,14H2,(H,25,26). The molecule has 0 saturated heterocycles. The van der Waals surface area contributed by atoms with E-state index >= 15 is 0 Å². The van der Waals surface area contributed by atoms with Gasteiger partial charge in [0.15, 0.2) is 0 Å². The van der Waals surface area contributed by atoms with E-state index in [0.717, 1.165) is 15.6 Å². The first-order valence-corrected chi connectivity index (χ1v) is 8.96. The lowest BCUT2D eigenvalue weighted by Crippen LogP contribution is -2.17. The maximum absolute atomic E-state index is 12.9. The van der Waals surface area contributed by atoms with Crippen LogP contribution in [0.1, 0.15) is 21.5 Å². The number of rotatable bonds is 6. The van der Waals surface area contributed by atoms with Crippen LogP contribution in [0.15, 0.2) is 82.4 Å². The Bertz CT molecular complexity index is 958. The number of nitrogens with zero attached hydrogens (tertiary/aromatic N) is 1. The van der Waals surface area contributed by atoms with Gasteiger partial charge in [0.2, 0.25) is 0 Å². The first kappa shape index (κ1) is 18.8. The Morgan fingerprint density at radius 2 is 1.85 bits per heavy atom. The molecule has 0 aliphatic heterocycles. The van der Waals surface area contributed by atoms with Crippen LogP contribution in [0.5, 0.6) is 5.75 Å². The lowest BCUT2D eigenvalue weighted by atomic mass is 10.2. The van der Waals surface area contributed by atoms with Crippen molar-refractivity contribution in [3.63, 3.8) is 0 Å². The van der Waals surface area contributed by atoms with Gasteiger partial charge < -0.3 is 4.74 Å². The molecule has 27 heavy (non-hydrogen) atoms. The van der Waals surface area contributed by atoms with Gasteiger partial charge in [-0.2, -0.15) is 5.10 Å². The molecule has 0 unspecified atom stereocenters. The van der Waals surface area contributed by atoms with Gasteiger partial charge in [0.25, 0.3) is 5.91 Å². The largest absolute Gasteiger partial charge is 0.488 e. The molecule has 3 rings (SSSR count). The fourth-order valence-corrected chi connectivity index (χ4v) is 2.78. The number of hydrogen-bond donors (Lipinski definition) is 1. The zero-order valence-electron chi connectivity index (χ0n) is 14.2. The molecule has 0 spiro atoms. The maximum Gasteiger partial charge on any atom is 0.271 e. The number of benzene rings is 3. The van der Waals surface area contributed by atoms with Crippen LogP contribution < -0.4 is 10.2 Å². The quantitative estimate of drug-likeness (QED) is 0.448. The third kappa shape index (κ3) is 5.49. The normalized spacial score (nSPS) is 10.7. The molecule has 0 aromatic heterocycles. The van der Waals surface area contributed by atoms with Crippen molar-refractivity contribution in [2.24, 2.45) is 5.10 Å². The summed E-state index contributed by atoms with van der Waals surface area (Å²) >= 11 is 3.44. The van der Waals surface area contributed by atoms with Crippen molar-refractivity contribution in [3.8, 4) is 5.75 Å². The maximum atomic E-state index is 12.9. The minimum absolute atomic E-state index is 0.327. The summed E-state index contributed by atoms with van der Waals surface area (Å²) in [5.74, 6) is -0.164. The van der Waals surface area contributed by atoms with Gasteiger partial charge in [-0.05, 0) is 54.1 Å². The summed E-state index contributed by atoms with van der Waals surface area (Å²) in [6, 6.07) is 20.5. The molecule has 0 radical (unpaired) electrons. The second-order valence-electron chi connectivity index (χ2n) is 5.66. The Labute approximate surface area is 164 Å². The highest BCUT2D eigenvalue weighted by atomic mass is 79.9. The number of hydrazone groups is 1. The fourth-order valence-electron chi connectivity index (χ4n) is 2.33. The minimum atomic E-state index is -0.418. The molecule has 0 atom stereocenters. The highest BCUT2D eigenvalue weighted by Crippen LogP contribution is 2.19. The molecule has 6 heteroatoms. The topological polar surface area (TPSA) is 50.7 Å². The van der Waals surface area contributed by atoms with Crippen molar-refractivity contribution in [1.82, 2.24) is 5.43 Å². The molecule has 3 aromatic rings. The molecule has 4 nitrogen and oxygen atoms in total. The molecule has 0 bridgehead atoms. The fraction of sp³-hybridized carbons (Fsp3) is 0.0476. The minimum Gasteiger partial charge on any atom is -0.488 e. The number of nitrogens with one attached hydrogen (secondary N) is 1. The van der Waals surface area contributed by atoms with E-state index in [1.807, 2.05) is 48.5 Å². The second-order valence-corrected chi connectivity index (χ2v) is 6.58. The van der Waals surface area contributed by atoms with E-state index in [2.05, 4.69) is 26.5 Å². The van der Waals surface area contributed by atoms with Gasteiger partial charge in [0, 0.05) is 15.6 Å². The van der Waals surface area contributed by atoms with Crippen LogP contribution in [0, 0.1) is 5.82 Å². The Kier molecular flexibility index (Phi) is 6.33. The Balaban J connectivity index is 1.64. The van der Waals surface area contributed by atoms with Crippen molar-refractivity contribution in [2.75, 3.05) is 0 Å². The molecule has 0 aliphatic rings. The lowest BCUT2D eigenvalue weighted by molar-refractivity contribution is 0.0955. The van der Waals surface area contributed by atoms with Crippen LogP contribution in [-0.4, -0.2) is 12.1 Å². The predicted molar refractivity (Wildman–Crippen MR) is 106 cm³/mol. The van der Waals surface area contributed by atoms with E-state index in [0.29, 0.717) is 17.9 Å². The zero-order valence-corrected chi connectivity index (χ0v) is 15.8. The summed E-state index contributed by atoms with van der Waals surface area (Å²) < 4.78 is 19.8. The average molecular weight is 427 g/mol. The van der Waals surface area contributed by atoms with Crippen molar-refractivity contribution in [1.29, 1.82) is 0 Å². The third-order valence-electron chi connectivity index (χ3n) is 3.68. The van der Waals surface area contributed by atoms with Gasteiger partial charge in [0.05, 0.1) is 6.21 Å². The first-order valence-electron chi connectivity index (χ1n) is 8.17. The highest BCUT2D eigenvalue weighted by Gasteiger charge is 2.05. The van der Waals surface area contributed by atoms with Crippen LogP contribution >= 0.6 is 15.9 Å². The summed E-state index contributed by atoms with van der Waals surface area (Å²) in [6.07, 6.45) is 1.51. The predicted octanol–water partition coefficient (Wildman–Crippen LogP) is 4.93. The monoisotopic (exact) mass is 426 g/mol. The van der Waals surface area contributed by atoms with Gasteiger partial charge in [-0.3, -0.25) is 4.79 Å². The van der Waals surface area contributed by atoms with Crippen molar-refractivity contribution in [2.45, 2.75) is 6.61 Å². The average Bonchev–Trinajstić information content (AvgIpc) is 2.68. The van der Waals surface area contributed by atoms with Crippen LogP contribution in [0.2, 0.25) is 0 Å². The van der Waals surface area contributed by atoms with Gasteiger partial charge in [-0.15, -0.1) is 0 Å². The lowest BCUT2D eigenvalue weighted by Gasteiger charge is -2.09. The number of amides is 1. The molecule has 0 aliphatic carbocycles. The van der Waals surface area contributed by atoms with Crippen LogP contribution in [0.4, 0.5) is 4.39 Å². The molecule has 1 amide bonds. The Hall–Kier alpha value is -2.99. The summed E-state index contributed by atoms with van der Waals surface area (Å²) in [5.41, 5.74) is 4.51. The van der Waals surface area contributed by atoms with E-state index in [9.17, 15) is 9.18 Å². The molecule has 0 fully saturated rings. The number of ether oxygens (including phenoxy) is 1. The zero-order chi connectivity index (χ0) is 19.1. The van der Waals surface area contributed by atoms with Gasteiger partial charge in [0.1, 0.15) is 18.2 Å². The van der Waals surface area contributed by atoms with E-state index in [1.54, 1.807) is 0 Å². The smallest absolute Gasteiger partial charge is 0.271 e. The summed E-state index contributed by atoms with van der Waals surface area (Å²) in [4.78, 5) is 12.0. The molecule has 0 heterocycles. The van der Waals surface area contributed by atoms with Crippen LogP contribution in [0.25, 0.3) is 0 Å². The van der Waals surface area contributed by atoms with E-state index in [-0.39, 0.29) is 0 Å². The molecule has 0 saturated carbocycles. The molecular formula is C21H16BrFN2O2. The van der Waals surface area contributed by atoms with Crippen LogP contribution in [-0.2, 0) is 6.61 Å². The second kappa shape index (κ2) is 9.09. The molecule has 3 aromatic carbocycles. The number of carbonyl (C=O) groups is 1. The Morgan fingerprint density at radius 1 is 1.07 bits per heavy atom. The number of halogens is 2. The SMILES string of the molecule is O=C(NN=Cc1ccccc1OCc1cccc(Br)c1)c1ccc(F)cc1. The molecule has 136 valence electrons. The van der Waals surface area contributed by atoms with Crippen molar-refractivity contribution < 1.29 is 13.9 Å². The third-order valence-corrected chi connectivity index (χ3v) is 4.17. The van der Waals surface area contributed by atoms with Gasteiger partial charge in [-0.25, -0.2) is 9.82 Å². The van der Waals surface area contributed by atoms with Gasteiger partial charge in [-0.1, -0.05) is 40.2 Å². The Morgan fingerprint density at radius 3 is 2.63 bits per heavy atom. The number of carbonyl (C=O) groups excluding carboxylic acids is 1. The summed E-state index contributed by atoms with van der Waals surface area (Å²) in [7, 11) is 0. The van der Waals surface area contributed by atoms with Crippen molar-refractivity contribution >= 4 is 28.1 Å². The van der Waals surface area contributed by atoms with Crippen molar-refractivity contribution in [3.05, 3.63) is 99.8 Å². The number of hydrogen-bond acceptors (Lipinski definition) is 3. The van der Waals surface area contributed by atoms with E-state index < -0.39 is 11.7 Å². The first-order chi connectivity index (χ1) is 13.1. The molecular weight excluding hydrogens is 411 g/mol. The summed E-state index contributed by atoms with van der Waals surface area (Å²) in [6.45, 7) is 0.409. The van der Waals surface area contributed by atoms with E-state index in [1.165, 1.54) is 30.5 Å². The summed E-state index contributed by atoms with van der Waals surface area (Å²) in [5, 5.41) is 3.96. The van der Waals surface area contributed by atoms with Crippen LogP contribution in [0.3, 0.4) is 0 Å².